The second kappa shape index (κ2) is 6.31. The van der Waals surface area contributed by atoms with Crippen LogP contribution in [0.5, 0.6) is 5.75 Å². The molecule has 0 radical (unpaired) electrons. The van der Waals surface area contributed by atoms with E-state index >= 15 is 0 Å². The number of carbonyl (C=O) groups excluding carboxylic acids is 1. The second-order valence-electron chi connectivity index (χ2n) is 6.67. The Morgan fingerprint density at radius 3 is 2.78 bits per heavy atom. The summed E-state index contributed by atoms with van der Waals surface area (Å²) in [6.07, 6.45) is 1.04. The first-order chi connectivity index (χ1) is 12.9. The van der Waals surface area contributed by atoms with Gasteiger partial charge in [-0.1, -0.05) is 18.2 Å². The zero-order valence-corrected chi connectivity index (χ0v) is 15.5. The van der Waals surface area contributed by atoms with Gasteiger partial charge in [0.2, 0.25) is 10.0 Å². The summed E-state index contributed by atoms with van der Waals surface area (Å²) in [4.78, 5) is 12.0. The van der Waals surface area contributed by atoms with Crippen LogP contribution in [0.3, 0.4) is 0 Å². The number of nitrogens with zero attached hydrogens (tertiary/aromatic N) is 1. The van der Waals surface area contributed by atoms with Gasteiger partial charge in [0.05, 0.1) is 19.2 Å². The van der Waals surface area contributed by atoms with Gasteiger partial charge < -0.3 is 9.47 Å². The predicted molar refractivity (Wildman–Crippen MR) is 94.5 cm³/mol. The Morgan fingerprint density at radius 1 is 1.22 bits per heavy atom. The van der Waals surface area contributed by atoms with Gasteiger partial charge in [-0.15, -0.1) is 0 Å². The standard InChI is InChI=1S/C19H18FNO5S/c1-25-16-8-7-13(20)11-17(16)27(23,24)21-10-4-9-19(12-21)15-6-3-2-5-14(15)18(22)26-19/h2-3,5-8,11H,4,9-10,12H2,1H3. The van der Waals surface area contributed by atoms with E-state index < -0.39 is 27.4 Å². The molecule has 2 aliphatic heterocycles. The van der Waals surface area contributed by atoms with Crippen molar-refractivity contribution in [3.05, 3.63) is 59.4 Å². The summed E-state index contributed by atoms with van der Waals surface area (Å²) in [5, 5.41) is 0. The third kappa shape index (κ3) is 2.80. The molecule has 8 heteroatoms. The molecule has 1 fully saturated rings. The predicted octanol–water partition coefficient (Wildman–Crippen LogP) is 2.68. The van der Waals surface area contributed by atoms with Crippen LogP contribution in [-0.4, -0.2) is 38.9 Å². The third-order valence-corrected chi connectivity index (χ3v) is 6.96. The molecule has 2 aromatic carbocycles. The Labute approximate surface area is 156 Å². The summed E-state index contributed by atoms with van der Waals surface area (Å²) in [5.74, 6) is -1.05. The van der Waals surface area contributed by atoms with Crippen molar-refractivity contribution in [2.45, 2.75) is 23.3 Å². The molecule has 27 heavy (non-hydrogen) atoms. The van der Waals surface area contributed by atoms with Crippen molar-refractivity contribution in [2.24, 2.45) is 0 Å². The molecule has 6 nitrogen and oxygen atoms in total. The molecular formula is C19H18FNO5S. The molecule has 4 rings (SSSR count). The Morgan fingerprint density at radius 2 is 2.00 bits per heavy atom. The maximum atomic E-state index is 13.7. The average Bonchev–Trinajstić information content (AvgIpc) is 2.93. The van der Waals surface area contributed by atoms with E-state index in [-0.39, 0.29) is 23.7 Å². The summed E-state index contributed by atoms with van der Waals surface area (Å²) in [7, 11) is -2.70. The maximum absolute atomic E-state index is 13.7. The zero-order valence-electron chi connectivity index (χ0n) is 14.6. The van der Waals surface area contributed by atoms with Gasteiger partial charge in [0, 0.05) is 12.1 Å². The summed E-state index contributed by atoms with van der Waals surface area (Å²) < 4.78 is 52.1. The molecule has 0 saturated carbocycles. The van der Waals surface area contributed by atoms with E-state index in [0.717, 1.165) is 12.1 Å². The highest BCUT2D eigenvalue weighted by molar-refractivity contribution is 7.89. The third-order valence-electron chi connectivity index (χ3n) is 5.09. The Balaban J connectivity index is 1.75. The topological polar surface area (TPSA) is 72.9 Å². The Bertz CT molecular complexity index is 1020. The maximum Gasteiger partial charge on any atom is 0.339 e. The van der Waals surface area contributed by atoms with Crippen LogP contribution in [0.1, 0.15) is 28.8 Å². The number of carbonyl (C=O) groups is 1. The van der Waals surface area contributed by atoms with Gasteiger partial charge in [-0.05, 0) is 37.1 Å². The van der Waals surface area contributed by atoms with E-state index in [0.29, 0.717) is 24.0 Å². The summed E-state index contributed by atoms with van der Waals surface area (Å²) >= 11 is 0. The van der Waals surface area contributed by atoms with Gasteiger partial charge in [0.25, 0.3) is 0 Å². The molecule has 0 aliphatic carbocycles. The highest BCUT2D eigenvalue weighted by atomic mass is 32.2. The lowest BCUT2D eigenvalue weighted by molar-refractivity contribution is -0.0345. The van der Waals surface area contributed by atoms with Crippen molar-refractivity contribution in [1.29, 1.82) is 0 Å². The van der Waals surface area contributed by atoms with Crippen LogP contribution in [0.4, 0.5) is 4.39 Å². The number of benzene rings is 2. The summed E-state index contributed by atoms with van der Waals surface area (Å²) in [6, 6.07) is 10.4. The fourth-order valence-electron chi connectivity index (χ4n) is 3.83. The number of rotatable bonds is 3. The van der Waals surface area contributed by atoms with E-state index in [1.165, 1.54) is 17.5 Å². The van der Waals surface area contributed by atoms with Crippen LogP contribution in [-0.2, 0) is 20.4 Å². The van der Waals surface area contributed by atoms with Crippen LogP contribution in [0.25, 0.3) is 0 Å². The number of fused-ring (bicyclic) bond motifs is 2. The molecule has 0 aromatic heterocycles. The van der Waals surface area contributed by atoms with Gasteiger partial charge in [-0.2, -0.15) is 4.31 Å². The van der Waals surface area contributed by atoms with Crippen LogP contribution >= 0.6 is 0 Å². The van der Waals surface area contributed by atoms with Gasteiger partial charge in [0.15, 0.2) is 5.60 Å². The average molecular weight is 391 g/mol. The molecule has 142 valence electrons. The number of hydrogen-bond donors (Lipinski definition) is 0. The van der Waals surface area contributed by atoms with Gasteiger partial charge >= 0.3 is 5.97 Å². The number of hydrogen-bond acceptors (Lipinski definition) is 5. The molecule has 0 bridgehead atoms. The first-order valence-electron chi connectivity index (χ1n) is 8.54. The van der Waals surface area contributed by atoms with E-state index in [9.17, 15) is 17.6 Å². The number of esters is 1. The summed E-state index contributed by atoms with van der Waals surface area (Å²) in [6.45, 7) is 0.237. The highest BCUT2D eigenvalue weighted by Gasteiger charge is 2.50. The molecule has 1 atom stereocenters. The van der Waals surface area contributed by atoms with Crippen LogP contribution in [0.15, 0.2) is 47.4 Å². The Kier molecular flexibility index (Phi) is 4.20. The smallest absolute Gasteiger partial charge is 0.339 e. The number of sulfonamides is 1. The monoisotopic (exact) mass is 391 g/mol. The van der Waals surface area contributed by atoms with Gasteiger partial charge in [-0.3, -0.25) is 0 Å². The first-order valence-corrected chi connectivity index (χ1v) is 9.98. The fourth-order valence-corrected chi connectivity index (χ4v) is 5.52. The van der Waals surface area contributed by atoms with E-state index in [1.54, 1.807) is 24.3 Å². The lowest BCUT2D eigenvalue weighted by Gasteiger charge is -2.38. The molecule has 2 heterocycles. The fraction of sp³-hybridized carbons (Fsp3) is 0.316. The second-order valence-corrected chi connectivity index (χ2v) is 8.57. The molecule has 1 unspecified atom stereocenters. The van der Waals surface area contributed by atoms with Crippen molar-refractivity contribution in [2.75, 3.05) is 20.2 Å². The molecular weight excluding hydrogens is 373 g/mol. The first kappa shape index (κ1) is 17.9. The molecule has 0 amide bonds. The van der Waals surface area contributed by atoms with Crippen LogP contribution in [0.2, 0.25) is 0 Å². The normalized spacial score (nSPS) is 22.5. The van der Waals surface area contributed by atoms with Gasteiger partial charge in [-0.25, -0.2) is 17.6 Å². The lowest BCUT2D eigenvalue weighted by Crippen LogP contribution is -2.48. The summed E-state index contributed by atoms with van der Waals surface area (Å²) in [5.41, 5.74) is 0.140. The van der Waals surface area contributed by atoms with Crippen molar-refractivity contribution in [1.82, 2.24) is 4.31 Å². The highest BCUT2D eigenvalue weighted by Crippen LogP contribution is 2.44. The number of piperidine rings is 1. The van der Waals surface area contributed by atoms with Crippen molar-refractivity contribution in [3.63, 3.8) is 0 Å². The Hall–Kier alpha value is -2.45. The molecule has 0 N–H and O–H groups in total. The number of methoxy groups -OCH3 is 1. The van der Waals surface area contributed by atoms with Crippen molar-refractivity contribution < 1.29 is 27.1 Å². The minimum Gasteiger partial charge on any atom is -0.495 e. The SMILES string of the molecule is COc1ccc(F)cc1S(=O)(=O)N1CCCC2(C1)OC(=O)c1ccccc12. The molecule has 1 saturated heterocycles. The van der Waals surface area contributed by atoms with Crippen molar-refractivity contribution >= 4 is 16.0 Å². The van der Waals surface area contributed by atoms with Crippen LogP contribution < -0.4 is 4.74 Å². The molecule has 2 aromatic rings. The van der Waals surface area contributed by atoms with E-state index in [1.807, 2.05) is 0 Å². The minimum absolute atomic E-state index is 0.0161. The zero-order chi connectivity index (χ0) is 19.2. The number of ether oxygens (including phenoxy) is 2. The number of halogens is 1. The quantitative estimate of drug-likeness (QED) is 0.753. The van der Waals surface area contributed by atoms with Gasteiger partial charge in [0.1, 0.15) is 16.5 Å². The largest absolute Gasteiger partial charge is 0.495 e. The van der Waals surface area contributed by atoms with Crippen LogP contribution in [0, 0.1) is 5.82 Å². The van der Waals surface area contributed by atoms with E-state index in [2.05, 4.69) is 0 Å². The van der Waals surface area contributed by atoms with Crippen molar-refractivity contribution in [3.8, 4) is 5.75 Å². The van der Waals surface area contributed by atoms with E-state index in [4.69, 9.17) is 9.47 Å². The lowest BCUT2D eigenvalue weighted by atomic mass is 9.86. The minimum atomic E-state index is -4.03. The molecule has 2 aliphatic rings. The molecule has 1 spiro atoms.